The smallest absolute Gasteiger partial charge is 0.319 e. The zero-order valence-corrected chi connectivity index (χ0v) is 14.8. The Labute approximate surface area is 155 Å². The van der Waals surface area contributed by atoms with E-state index in [-0.39, 0.29) is 17.4 Å². The van der Waals surface area contributed by atoms with Gasteiger partial charge in [-0.25, -0.2) is 4.79 Å². The number of phenolic OH excluding ortho intramolecular Hbond substituents is 1. The van der Waals surface area contributed by atoms with E-state index in [9.17, 15) is 14.7 Å². The number of aryl methyl sites for hydroxylation is 1. The van der Waals surface area contributed by atoms with Crippen molar-refractivity contribution >= 4 is 29.2 Å². The maximum atomic E-state index is 12.9. The molecule has 2 aromatic rings. The summed E-state index contributed by atoms with van der Waals surface area (Å²) in [5, 5.41) is 18.7. The third-order valence-electron chi connectivity index (χ3n) is 4.26. The topological polar surface area (TPSA) is 90.5 Å². The number of phenols is 1. The minimum Gasteiger partial charge on any atom is -0.508 e. The average Bonchev–Trinajstić information content (AvgIpc) is 2.57. The molecule has 1 saturated heterocycles. The summed E-state index contributed by atoms with van der Waals surface area (Å²) in [6, 6.07) is 10.5. The van der Waals surface area contributed by atoms with Crippen LogP contribution in [0.3, 0.4) is 0 Å². The Bertz CT molecular complexity index is 897. The van der Waals surface area contributed by atoms with Gasteiger partial charge in [-0.3, -0.25) is 4.79 Å². The summed E-state index contributed by atoms with van der Waals surface area (Å²) in [6.45, 7) is 5.67. The molecule has 7 heteroatoms. The minimum absolute atomic E-state index is 0.0105. The van der Waals surface area contributed by atoms with Crippen LogP contribution in [0.1, 0.15) is 17.2 Å². The van der Waals surface area contributed by atoms with E-state index >= 15 is 0 Å². The van der Waals surface area contributed by atoms with Gasteiger partial charge in [-0.05, 0) is 30.7 Å². The van der Waals surface area contributed by atoms with Crippen molar-refractivity contribution < 1.29 is 14.7 Å². The first-order chi connectivity index (χ1) is 12.4. The van der Waals surface area contributed by atoms with Crippen molar-refractivity contribution in [2.24, 2.45) is 5.92 Å². The second-order valence-electron chi connectivity index (χ2n) is 6.09. The third-order valence-corrected chi connectivity index (χ3v) is 4.67. The molecule has 0 aromatic heterocycles. The number of urea groups is 1. The fraction of sp³-hybridized carbons (Fsp3) is 0.158. The Kier molecular flexibility index (Phi) is 4.86. The Morgan fingerprint density at radius 3 is 2.69 bits per heavy atom. The molecule has 134 valence electrons. The zero-order chi connectivity index (χ0) is 18.8. The van der Waals surface area contributed by atoms with Gasteiger partial charge in [-0.1, -0.05) is 42.4 Å². The number of rotatable bonds is 3. The van der Waals surface area contributed by atoms with Gasteiger partial charge in [0, 0.05) is 22.0 Å². The number of benzene rings is 2. The molecule has 1 fully saturated rings. The molecule has 1 aliphatic rings. The van der Waals surface area contributed by atoms with Crippen molar-refractivity contribution in [2.75, 3.05) is 5.32 Å². The van der Waals surface area contributed by atoms with Gasteiger partial charge < -0.3 is 21.1 Å². The first kappa shape index (κ1) is 17.8. The van der Waals surface area contributed by atoms with Gasteiger partial charge >= 0.3 is 6.03 Å². The van der Waals surface area contributed by atoms with Gasteiger partial charge in [0.2, 0.25) is 5.91 Å². The van der Waals surface area contributed by atoms with Gasteiger partial charge in [0.15, 0.2) is 0 Å². The molecule has 1 heterocycles. The number of amides is 3. The SMILES string of the molecule is C=C1NC(=O)N[C@@H](c2ccccc2O)[C@@H]1C(=O)Nc1ccc(C)c(Cl)c1. The molecule has 4 N–H and O–H groups in total. The molecule has 1 aliphatic heterocycles. The highest BCUT2D eigenvalue weighted by atomic mass is 35.5. The summed E-state index contributed by atoms with van der Waals surface area (Å²) in [6.07, 6.45) is 0. The second kappa shape index (κ2) is 7.09. The van der Waals surface area contributed by atoms with E-state index in [4.69, 9.17) is 11.6 Å². The lowest BCUT2D eigenvalue weighted by Gasteiger charge is -2.34. The lowest BCUT2D eigenvalue weighted by Crippen LogP contribution is -2.51. The summed E-state index contributed by atoms with van der Waals surface area (Å²) >= 11 is 6.10. The minimum atomic E-state index is -0.818. The molecular formula is C19H18ClN3O3. The van der Waals surface area contributed by atoms with Crippen LogP contribution >= 0.6 is 11.6 Å². The van der Waals surface area contributed by atoms with E-state index in [1.54, 1.807) is 36.4 Å². The standard InChI is InChI=1S/C19H18ClN3O3/c1-10-7-8-12(9-14(10)20)22-18(25)16-11(2)21-19(26)23-17(16)13-5-3-4-6-15(13)24/h3-9,16-17,24H,2H2,1H3,(H,22,25)(H2,21,23,26)/t16-,17+/m1/s1. The Hall–Kier alpha value is -2.99. The highest BCUT2D eigenvalue weighted by Gasteiger charge is 2.38. The van der Waals surface area contributed by atoms with Crippen LogP contribution in [0, 0.1) is 12.8 Å². The van der Waals surface area contributed by atoms with Crippen LogP contribution in [0.15, 0.2) is 54.7 Å². The van der Waals surface area contributed by atoms with Crippen molar-refractivity contribution in [3.8, 4) is 5.75 Å². The molecule has 3 amide bonds. The van der Waals surface area contributed by atoms with E-state index < -0.39 is 18.0 Å². The second-order valence-corrected chi connectivity index (χ2v) is 6.50. The van der Waals surface area contributed by atoms with Crippen molar-refractivity contribution in [1.82, 2.24) is 10.6 Å². The number of aromatic hydroxyl groups is 1. The summed E-state index contributed by atoms with van der Waals surface area (Å²) in [5.41, 5.74) is 2.11. The van der Waals surface area contributed by atoms with Gasteiger partial charge in [0.1, 0.15) is 11.7 Å². The van der Waals surface area contributed by atoms with Crippen molar-refractivity contribution in [1.29, 1.82) is 0 Å². The number of nitrogens with one attached hydrogen (secondary N) is 3. The number of hydrogen-bond acceptors (Lipinski definition) is 3. The number of carbonyl (C=O) groups excluding carboxylic acids is 2. The quantitative estimate of drug-likeness (QED) is 0.665. The van der Waals surface area contributed by atoms with Gasteiger partial charge in [-0.15, -0.1) is 0 Å². The normalized spacial score (nSPS) is 19.5. The van der Waals surface area contributed by atoms with E-state index in [1.807, 2.05) is 6.92 Å². The van der Waals surface area contributed by atoms with Crippen LogP contribution < -0.4 is 16.0 Å². The fourth-order valence-electron chi connectivity index (χ4n) is 2.89. The number of para-hydroxylation sites is 1. The summed E-state index contributed by atoms with van der Waals surface area (Å²) < 4.78 is 0. The van der Waals surface area contributed by atoms with Crippen molar-refractivity contribution in [3.05, 3.63) is 70.9 Å². The van der Waals surface area contributed by atoms with E-state index in [2.05, 4.69) is 22.5 Å². The Balaban J connectivity index is 1.92. The molecule has 0 bridgehead atoms. The number of hydrogen-bond donors (Lipinski definition) is 4. The van der Waals surface area contributed by atoms with E-state index in [0.717, 1.165) is 5.56 Å². The van der Waals surface area contributed by atoms with Crippen molar-refractivity contribution in [2.45, 2.75) is 13.0 Å². The molecule has 0 unspecified atom stereocenters. The number of halogens is 1. The predicted molar refractivity (Wildman–Crippen MR) is 100.0 cm³/mol. The highest BCUT2D eigenvalue weighted by Crippen LogP contribution is 2.35. The largest absolute Gasteiger partial charge is 0.508 e. The molecule has 3 rings (SSSR count). The Morgan fingerprint density at radius 1 is 1.27 bits per heavy atom. The van der Waals surface area contributed by atoms with E-state index in [0.29, 0.717) is 16.3 Å². The van der Waals surface area contributed by atoms with Crippen LogP contribution in [-0.2, 0) is 4.79 Å². The molecule has 26 heavy (non-hydrogen) atoms. The third kappa shape index (κ3) is 3.50. The molecule has 0 saturated carbocycles. The van der Waals surface area contributed by atoms with Gasteiger partial charge in [-0.2, -0.15) is 0 Å². The summed E-state index contributed by atoms with van der Waals surface area (Å²) in [5.74, 6) is -1.21. The lowest BCUT2D eigenvalue weighted by molar-refractivity contribution is -0.119. The van der Waals surface area contributed by atoms with Gasteiger partial charge in [0.25, 0.3) is 0 Å². The van der Waals surface area contributed by atoms with Crippen molar-refractivity contribution in [3.63, 3.8) is 0 Å². The molecule has 2 aromatic carbocycles. The zero-order valence-electron chi connectivity index (χ0n) is 14.0. The molecule has 2 atom stereocenters. The maximum Gasteiger partial charge on any atom is 0.319 e. The Morgan fingerprint density at radius 2 is 2.00 bits per heavy atom. The summed E-state index contributed by atoms with van der Waals surface area (Å²) in [7, 11) is 0. The molecule has 0 aliphatic carbocycles. The van der Waals surface area contributed by atoms with Crippen LogP contribution in [0.4, 0.5) is 10.5 Å². The van der Waals surface area contributed by atoms with Gasteiger partial charge in [0.05, 0.1) is 6.04 Å². The number of anilines is 1. The molecule has 0 spiro atoms. The predicted octanol–water partition coefficient (Wildman–Crippen LogP) is 3.48. The fourth-order valence-corrected chi connectivity index (χ4v) is 3.07. The number of carbonyl (C=O) groups is 2. The first-order valence-electron chi connectivity index (χ1n) is 7.98. The summed E-state index contributed by atoms with van der Waals surface area (Å²) in [4.78, 5) is 24.8. The average molecular weight is 372 g/mol. The first-order valence-corrected chi connectivity index (χ1v) is 8.36. The lowest BCUT2D eigenvalue weighted by atomic mass is 9.87. The van der Waals surface area contributed by atoms with Crippen LogP contribution in [0.2, 0.25) is 5.02 Å². The monoisotopic (exact) mass is 371 g/mol. The highest BCUT2D eigenvalue weighted by molar-refractivity contribution is 6.31. The molecular weight excluding hydrogens is 354 g/mol. The van der Waals surface area contributed by atoms with Crippen LogP contribution in [0.25, 0.3) is 0 Å². The van der Waals surface area contributed by atoms with Crippen LogP contribution in [-0.4, -0.2) is 17.0 Å². The molecule has 6 nitrogen and oxygen atoms in total. The van der Waals surface area contributed by atoms with Crippen LogP contribution in [0.5, 0.6) is 5.75 Å². The maximum absolute atomic E-state index is 12.9. The van der Waals surface area contributed by atoms with E-state index in [1.165, 1.54) is 6.07 Å². The molecule has 0 radical (unpaired) electrons.